The van der Waals surface area contributed by atoms with E-state index in [9.17, 15) is 4.79 Å². The summed E-state index contributed by atoms with van der Waals surface area (Å²) in [6.45, 7) is 5.76. The SMILES string of the molecule is CC(C)CCOc1cccc(NC(=O)CNCc2ccccc2Cl)c1. The van der Waals surface area contributed by atoms with Crippen LogP contribution in [0.4, 0.5) is 5.69 Å². The maximum absolute atomic E-state index is 12.1. The molecule has 0 bridgehead atoms. The maximum Gasteiger partial charge on any atom is 0.238 e. The monoisotopic (exact) mass is 360 g/mol. The maximum atomic E-state index is 12.1. The molecule has 134 valence electrons. The van der Waals surface area contributed by atoms with Gasteiger partial charge in [-0.05, 0) is 36.1 Å². The average molecular weight is 361 g/mol. The molecular formula is C20H25ClN2O2. The Bertz CT molecular complexity index is 689. The van der Waals surface area contributed by atoms with E-state index in [4.69, 9.17) is 16.3 Å². The van der Waals surface area contributed by atoms with Gasteiger partial charge in [-0.2, -0.15) is 0 Å². The van der Waals surface area contributed by atoms with Crippen molar-refractivity contribution in [2.24, 2.45) is 5.92 Å². The van der Waals surface area contributed by atoms with Gasteiger partial charge in [-0.15, -0.1) is 0 Å². The molecule has 2 aromatic carbocycles. The van der Waals surface area contributed by atoms with E-state index in [0.29, 0.717) is 24.1 Å². The van der Waals surface area contributed by atoms with Crippen LogP contribution in [-0.2, 0) is 11.3 Å². The first kappa shape index (κ1) is 19.3. The van der Waals surface area contributed by atoms with Crippen LogP contribution >= 0.6 is 11.6 Å². The van der Waals surface area contributed by atoms with Crippen molar-refractivity contribution >= 4 is 23.2 Å². The van der Waals surface area contributed by atoms with Crippen molar-refractivity contribution in [3.8, 4) is 5.75 Å². The summed E-state index contributed by atoms with van der Waals surface area (Å²) in [5, 5.41) is 6.66. The minimum atomic E-state index is -0.105. The van der Waals surface area contributed by atoms with Crippen LogP contribution in [0.2, 0.25) is 5.02 Å². The van der Waals surface area contributed by atoms with Gasteiger partial charge in [0.2, 0.25) is 5.91 Å². The van der Waals surface area contributed by atoms with Crippen molar-refractivity contribution in [3.63, 3.8) is 0 Å². The van der Waals surface area contributed by atoms with E-state index in [0.717, 1.165) is 23.4 Å². The number of carbonyl (C=O) groups excluding carboxylic acids is 1. The zero-order chi connectivity index (χ0) is 18.1. The molecule has 0 radical (unpaired) electrons. The summed E-state index contributed by atoms with van der Waals surface area (Å²) >= 11 is 6.09. The van der Waals surface area contributed by atoms with Gasteiger partial charge in [-0.25, -0.2) is 0 Å². The van der Waals surface area contributed by atoms with E-state index in [-0.39, 0.29) is 12.5 Å². The van der Waals surface area contributed by atoms with Gasteiger partial charge in [0, 0.05) is 23.3 Å². The number of nitrogens with one attached hydrogen (secondary N) is 2. The van der Waals surface area contributed by atoms with Crippen molar-refractivity contribution in [1.29, 1.82) is 0 Å². The molecule has 0 atom stereocenters. The molecule has 5 heteroatoms. The van der Waals surface area contributed by atoms with Crippen LogP contribution in [0.25, 0.3) is 0 Å². The van der Waals surface area contributed by atoms with Gasteiger partial charge in [-0.1, -0.05) is 49.7 Å². The third-order valence-electron chi connectivity index (χ3n) is 3.64. The number of rotatable bonds is 9. The lowest BCUT2D eigenvalue weighted by atomic mass is 10.1. The summed E-state index contributed by atoms with van der Waals surface area (Å²) < 4.78 is 5.71. The number of ether oxygens (including phenoxy) is 1. The van der Waals surface area contributed by atoms with Gasteiger partial charge in [0.1, 0.15) is 5.75 Å². The van der Waals surface area contributed by atoms with Crippen LogP contribution in [-0.4, -0.2) is 19.1 Å². The van der Waals surface area contributed by atoms with Crippen LogP contribution in [0, 0.1) is 5.92 Å². The van der Waals surface area contributed by atoms with E-state index in [1.54, 1.807) is 0 Å². The lowest BCUT2D eigenvalue weighted by Gasteiger charge is -2.11. The highest BCUT2D eigenvalue weighted by Crippen LogP contribution is 2.18. The second kappa shape index (κ2) is 10.1. The number of amides is 1. The summed E-state index contributed by atoms with van der Waals surface area (Å²) in [6.07, 6.45) is 1.00. The minimum absolute atomic E-state index is 0.105. The summed E-state index contributed by atoms with van der Waals surface area (Å²) in [6, 6.07) is 15.0. The molecule has 2 rings (SSSR count). The molecule has 0 saturated carbocycles. The van der Waals surface area contributed by atoms with Crippen LogP contribution < -0.4 is 15.4 Å². The molecule has 0 aliphatic rings. The summed E-state index contributed by atoms with van der Waals surface area (Å²) in [5.41, 5.74) is 1.70. The average Bonchev–Trinajstić information content (AvgIpc) is 2.56. The first-order chi connectivity index (χ1) is 12.0. The first-order valence-corrected chi connectivity index (χ1v) is 8.89. The van der Waals surface area contributed by atoms with Crippen molar-refractivity contribution in [2.45, 2.75) is 26.8 Å². The predicted octanol–water partition coefficient (Wildman–Crippen LogP) is 4.49. The summed E-state index contributed by atoms with van der Waals surface area (Å²) in [4.78, 5) is 12.1. The largest absolute Gasteiger partial charge is 0.494 e. The summed E-state index contributed by atoms with van der Waals surface area (Å²) in [7, 11) is 0. The molecule has 0 fully saturated rings. The quantitative estimate of drug-likeness (QED) is 0.692. The molecule has 0 saturated heterocycles. The van der Waals surface area contributed by atoms with Crippen LogP contribution in [0.5, 0.6) is 5.75 Å². The molecule has 0 heterocycles. The molecule has 0 spiro atoms. The number of hydrogen-bond donors (Lipinski definition) is 2. The van der Waals surface area contributed by atoms with Gasteiger partial charge in [0.05, 0.1) is 13.2 Å². The second-order valence-corrected chi connectivity index (χ2v) is 6.71. The van der Waals surface area contributed by atoms with Crippen molar-refractivity contribution in [3.05, 3.63) is 59.1 Å². The van der Waals surface area contributed by atoms with Gasteiger partial charge in [0.15, 0.2) is 0 Å². The number of hydrogen-bond acceptors (Lipinski definition) is 3. The zero-order valence-corrected chi connectivity index (χ0v) is 15.5. The van der Waals surface area contributed by atoms with E-state index >= 15 is 0 Å². The second-order valence-electron chi connectivity index (χ2n) is 6.30. The highest BCUT2D eigenvalue weighted by atomic mass is 35.5. The minimum Gasteiger partial charge on any atom is -0.494 e. The van der Waals surface area contributed by atoms with Crippen molar-refractivity contribution < 1.29 is 9.53 Å². The Morgan fingerprint density at radius 1 is 1.16 bits per heavy atom. The standard InChI is InChI=1S/C20H25ClN2O2/c1-15(2)10-11-25-18-8-5-7-17(12-18)23-20(24)14-22-13-16-6-3-4-9-19(16)21/h3-9,12,15,22H,10-11,13-14H2,1-2H3,(H,23,24). The normalized spacial score (nSPS) is 10.7. The fourth-order valence-corrected chi connectivity index (χ4v) is 2.44. The number of carbonyl (C=O) groups is 1. The molecule has 2 aromatic rings. The third-order valence-corrected chi connectivity index (χ3v) is 4.01. The van der Waals surface area contributed by atoms with Crippen molar-refractivity contribution in [2.75, 3.05) is 18.5 Å². The number of halogens is 1. The molecule has 2 N–H and O–H groups in total. The topological polar surface area (TPSA) is 50.4 Å². The van der Waals surface area contributed by atoms with Gasteiger partial charge >= 0.3 is 0 Å². The van der Waals surface area contributed by atoms with Crippen LogP contribution in [0.3, 0.4) is 0 Å². The summed E-state index contributed by atoms with van der Waals surface area (Å²) in [5.74, 6) is 1.26. The molecule has 25 heavy (non-hydrogen) atoms. The lowest BCUT2D eigenvalue weighted by molar-refractivity contribution is -0.115. The fourth-order valence-electron chi connectivity index (χ4n) is 2.23. The van der Waals surface area contributed by atoms with Crippen LogP contribution in [0.1, 0.15) is 25.8 Å². The number of benzene rings is 2. The molecule has 0 aliphatic carbocycles. The molecule has 0 unspecified atom stereocenters. The van der Waals surface area contributed by atoms with E-state index in [2.05, 4.69) is 24.5 Å². The predicted molar refractivity (Wildman–Crippen MR) is 103 cm³/mol. The lowest BCUT2D eigenvalue weighted by Crippen LogP contribution is -2.27. The third kappa shape index (κ3) is 7.16. The first-order valence-electron chi connectivity index (χ1n) is 8.51. The smallest absolute Gasteiger partial charge is 0.238 e. The molecule has 4 nitrogen and oxygen atoms in total. The van der Waals surface area contributed by atoms with Gasteiger partial charge < -0.3 is 15.4 Å². The van der Waals surface area contributed by atoms with Crippen molar-refractivity contribution in [1.82, 2.24) is 5.32 Å². The van der Waals surface area contributed by atoms with Crippen LogP contribution in [0.15, 0.2) is 48.5 Å². The van der Waals surface area contributed by atoms with E-state index in [1.807, 2.05) is 48.5 Å². The Balaban J connectivity index is 1.77. The Morgan fingerprint density at radius 2 is 1.96 bits per heavy atom. The van der Waals surface area contributed by atoms with Gasteiger partial charge in [-0.3, -0.25) is 4.79 Å². The van der Waals surface area contributed by atoms with E-state index in [1.165, 1.54) is 0 Å². The van der Waals surface area contributed by atoms with Gasteiger partial charge in [0.25, 0.3) is 0 Å². The highest BCUT2D eigenvalue weighted by Gasteiger charge is 2.05. The molecular weight excluding hydrogens is 336 g/mol. The molecule has 0 aromatic heterocycles. The Morgan fingerprint density at radius 3 is 2.72 bits per heavy atom. The highest BCUT2D eigenvalue weighted by molar-refractivity contribution is 6.31. The Kier molecular flexibility index (Phi) is 7.76. The van der Waals surface area contributed by atoms with E-state index < -0.39 is 0 Å². The fraction of sp³-hybridized carbons (Fsp3) is 0.350. The molecule has 0 aliphatic heterocycles. The Labute approximate surface area is 154 Å². The Hall–Kier alpha value is -2.04. The zero-order valence-electron chi connectivity index (χ0n) is 14.7. The molecule has 1 amide bonds. The number of anilines is 1.